The first-order valence-electron chi connectivity index (χ1n) is 6.14. The number of hydrogen-bond acceptors (Lipinski definition) is 3. The summed E-state index contributed by atoms with van der Waals surface area (Å²) in [5.74, 6) is 0. The summed E-state index contributed by atoms with van der Waals surface area (Å²) in [6.45, 7) is 2.93. The van der Waals surface area contributed by atoms with E-state index in [0.717, 1.165) is 47.8 Å². The molecular formula is C13H19ClN4. The minimum absolute atomic E-state index is 0.745. The van der Waals surface area contributed by atoms with Crippen LogP contribution in [0.25, 0.3) is 11.0 Å². The van der Waals surface area contributed by atoms with Crippen molar-refractivity contribution in [2.75, 3.05) is 27.2 Å². The highest BCUT2D eigenvalue weighted by molar-refractivity contribution is 6.35. The average Bonchev–Trinajstić information content (AvgIpc) is 2.72. The monoisotopic (exact) mass is 266 g/mol. The summed E-state index contributed by atoms with van der Waals surface area (Å²) in [4.78, 5) is 9.71. The van der Waals surface area contributed by atoms with Crippen molar-refractivity contribution in [3.63, 3.8) is 0 Å². The lowest BCUT2D eigenvalue weighted by molar-refractivity contribution is 0.394. The Morgan fingerprint density at radius 1 is 1.44 bits per heavy atom. The predicted octanol–water partition coefficient (Wildman–Crippen LogP) is 2.26. The third-order valence-electron chi connectivity index (χ3n) is 2.81. The summed E-state index contributed by atoms with van der Waals surface area (Å²) in [6.07, 6.45) is 2.86. The zero-order valence-corrected chi connectivity index (χ0v) is 11.6. The second kappa shape index (κ2) is 6.18. The van der Waals surface area contributed by atoms with Gasteiger partial charge in [0.05, 0.1) is 5.02 Å². The summed E-state index contributed by atoms with van der Waals surface area (Å²) in [7, 11) is 4.18. The van der Waals surface area contributed by atoms with E-state index in [4.69, 9.17) is 11.6 Å². The predicted molar refractivity (Wildman–Crippen MR) is 76.0 cm³/mol. The molecule has 0 bridgehead atoms. The van der Waals surface area contributed by atoms with Crippen LogP contribution in [-0.2, 0) is 6.54 Å². The number of pyridine rings is 1. The van der Waals surface area contributed by atoms with Gasteiger partial charge < -0.3 is 15.2 Å². The molecular weight excluding hydrogens is 248 g/mol. The lowest BCUT2D eigenvalue weighted by atomic mass is 10.3. The van der Waals surface area contributed by atoms with Crippen molar-refractivity contribution in [3.05, 3.63) is 29.0 Å². The Morgan fingerprint density at radius 3 is 3.00 bits per heavy atom. The first-order chi connectivity index (χ1) is 8.66. The largest absolute Gasteiger partial charge is 0.342 e. The van der Waals surface area contributed by atoms with Gasteiger partial charge in [-0.1, -0.05) is 11.6 Å². The van der Waals surface area contributed by atoms with Crippen LogP contribution in [-0.4, -0.2) is 42.1 Å². The van der Waals surface area contributed by atoms with Gasteiger partial charge in [-0.3, -0.25) is 0 Å². The van der Waals surface area contributed by atoms with Gasteiger partial charge in [0, 0.05) is 23.8 Å². The number of halogens is 1. The fraction of sp³-hybridized carbons (Fsp3) is 0.462. The second-order valence-corrected chi connectivity index (χ2v) is 5.09. The highest BCUT2D eigenvalue weighted by atomic mass is 35.5. The van der Waals surface area contributed by atoms with Crippen molar-refractivity contribution in [2.24, 2.45) is 0 Å². The maximum Gasteiger partial charge on any atom is 0.138 e. The number of aromatic nitrogens is 2. The molecule has 0 saturated carbocycles. The first-order valence-corrected chi connectivity index (χ1v) is 6.52. The number of aromatic amines is 1. The Balaban J connectivity index is 1.87. The van der Waals surface area contributed by atoms with Crippen LogP contribution in [0, 0.1) is 0 Å². The quantitative estimate of drug-likeness (QED) is 0.789. The smallest absolute Gasteiger partial charge is 0.138 e. The number of nitrogens with zero attached hydrogens (tertiary/aromatic N) is 2. The van der Waals surface area contributed by atoms with Gasteiger partial charge in [-0.2, -0.15) is 0 Å². The summed E-state index contributed by atoms with van der Waals surface area (Å²) in [5.41, 5.74) is 1.98. The molecule has 2 aromatic rings. The SMILES string of the molecule is CN(C)CCCNCc1cc2c(Cl)ccnc2[nH]1. The molecule has 0 fully saturated rings. The molecule has 0 aromatic carbocycles. The average molecular weight is 267 g/mol. The third-order valence-corrected chi connectivity index (χ3v) is 3.14. The summed E-state index contributed by atoms with van der Waals surface area (Å²) in [6, 6.07) is 3.87. The summed E-state index contributed by atoms with van der Waals surface area (Å²) < 4.78 is 0. The molecule has 98 valence electrons. The summed E-state index contributed by atoms with van der Waals surface area (Å²) in [5, 5.41) is 5.14. The number of rotatable bonds is 6. The van der Waals surface area contributed by atoms with Crippen LogP contribution in [0.1, 0.15) is 12.1 Å². The fourth-order valence-electron chi connectivity index (χ4n) is 1.89. The Morgan fingerprint density at radius 2 is 2.28 bits per heavy atom. The first kappa shape index (κ1) is 13.3. The Kier molecular flexibility index (Phi) is 4.58. The highest BCUT2D eigenvalue weighted by Gasteiger charge is 2.04. The molecule has 2 aromatic heterocycles. The van der Waals surface area contributed by atoms with Crippen LogP contribution in [0.4, 0.5) is 0 Å². The van der Waals surface area contributed by atoms with Crippen LogP contribution in [0.2, 0.25) is 5.02 Å². The molecule has 0 atom stereocenters. The molecule has 0 aliphatic carbocycles. The van der Waals surface area contributed by atoms with Crippen molar-refractivity contribution >= 4 is 22.6 Å². The van der Waals surface area contributed by atoms with Gasteiger partial charge >= 0.3 is 0 Å². The van der Waals surface area contributed by atoms with Gasteiger partial charge in [0.2, 0.25) is 0 Å². The number of H-pyrrole nitrogens is 1. The van der Waals surface area contributed by atoms with Crippen LogP contribution in [0.3, 0.4) is 0 Å². The normalized spacial score (nSPS) is 11.6. The minimum Gasteiger partial charge on any atom is -0.342 e. The van der Waals surface area contributed by atoms with Crippen molar-refractivity contribution in [1.29, 1.82) is 0 Å². The van der Waals surface area contributed by atoms with Crippen molar-refractivity contribution in [2.45, 2.75) is 13.0 Å². The topological polar surface area (TPSA) is 44.0 Å². The zero-order chi connectivity index (χ0) is 13.0. The molecule has 0 radical (unpaired) electrons. The van der Waals surface area contributed by atoms with Crippen molar-refractivity contribution in [1.82, 2.24) is 20.2 Å². The lowest BCUT2D eigenvalue weighted by Crippen LogP contribution is -2.21. The Bertz CT molecular complexity index is 507. The van der Waals surface area contributed by atoms with Crippen LogP contribution >= 0.6 is 11.6 Å². The van der Waals surface area contributed by atoms with Crippen LogP contribution in [0.15, 0.2) is 18.3 Å². The molecule has 0 saturated heterocycles. The second-order valence-electron chi connectivity index (χ2n) is 4.68. The molecule has 2 rings (SSSR count). The van der Waals surface area contributed by atoms with Gasteiger partial charge in [-0.25, -0.2) is 4.98 Å². The van der Waals surface area contributed by atoms with E-state index >= 15 is 0 Å². The van der Waals surface area contributed by atoms with E-state index in [9.17, 15) is 0 Å². The summed E-state index contributed by atoms with van der Waals surface area (Å²) >= 11 is 6.10. The minimum atomic E-state index is 0.745. The van der Waals surface area contributed by atoms with Gasteiger partial charge in [0.1, 0.15) is 5.65 Å². The van der Waals surface area contributed by atoms with E-state index in [2.05, 4.69) is 40.3 Å². The molecule has 0 aliphatic rings. The molecule has 0 aliphatic heterocycles. The van der Waals surface area contributed by atoms with E-state index in [1.807, 2.05) is 6.07 Å². The number of fused-ring (bicyclic) bond motifs is 1. The Hall–Kier alpha value is -1.10. The zero-order valence-electron chi connectivity index (χ0n) is 10.8. The van der Waals surface area contributed by atoms with E-state index in [1.54, 1.807) is 6.20 Å². The Labute approximate surface area is 112 Å². The molecule has 2 N–H and O–H groups in total. The van der Waals surface area contributed by atoms with Gasteiger partial charge in [0.25, 0.3) is 0 Å². The maximum absolute atomic E-state index is 6.10. The van der Waals surface area contributed by atoms with Crippen molar-refractivity contribution < 1.29 is 0 Å². The lowest BCUT2D eigenvalue weighted by Gasteiger charge is -2.09. The third kappa shape index (κ3) is 3.45. The highest BCUT2D eigenvalue weighted by Crippen LogP contribution is 2.21. The van der Waals surface area contributed by atoms with E-state index in [-0.39, 0.29) is 0 Å². The van der Waals surface area contributed by atoms with E-state index in [0.29, 0.717) is 0 Å². The van der Waals surface area contributed by atoms with Gasteiger partial charge in [0.15, 0.2) is 0 Å². The van der Waals surface area contributed by atoms with Gasteiger partial charge in [-0.15, -0.1) is 0 Å². The van der Waals surface area contributed by atoms with Crippen LogP contribution in [0.5, 0.6) is 0 Å². The molecule has 4 nitrogen and oxygen atoms in total. The van der Waals surface area contributed by atoms with Crippen LogP contribution < -0.4 is 5.32 Å². The molecule has 0 spiro atoms. The standard InChI is InChI=1S/C13H19ClN4/c1-18(2)7-3-5-15-9-10-8-11-12(14)4-6-16-13(11)17-10/h4,6,8,15H,3,5,7,9H2,1-2H3,(H,16,17). The van der Waals surface area contributed by atoms with Gasteiger partial charge in [-0.05, 0) is 45.7 Å². The molecule has 0 unspecified atom stereocenters. The van der Waals surface area contributed by atoms with E-state index in [1.165, 1.54) is 0 Å². The molecule has 0 amide bonds. The molecule has 5 heteroatoms. The fourth-order valence-corrected chi connectivity index (χ4v) is 2.09. The number of nitrogens with one attached hydrogen (secondary N) is 2. The molecule has 18 heavy (non-hydrogen) atoms. The van der Waals surface area contributed by atoms with Crippen molar-refractivity contribution in [3.8, 4) is 0 Å². The molecule has 2 heterocycles. The van der Waals surface area contributed by atoms with E-state index < -0.39 is 0 Å². The maximum atomic E-state index is 6.10. The number of hydrogen-bond donors (Lipinski definition) is 2.